The molecule has 0 unspecified atom stereocenters. The summed E-state index contributed by atoms with van der Waals surface area (Å²) in [4.78, 5) is 4.30. The predicted octanol–water partition coefficient (Wildman–Crippen LogP) is 1.72. The van der Waals surface area contributed by atoms with E-state index in [1.54, 1.807) is 6.20 Å². The average Bonchev–Trinajstić information content (AvgIpc) is 2.71. The van der Waals surface area contributed by atoms with Gasteiger partial charge in [-0.1, -0.05) is 11.6 Å². The number of halogens is 2. The first-order valence-electron chi connectivity index (χ1n) is 4.49. The standard InChI is InChI=1S/C9H9ClN4.ClH/c1-5-7(10)3-12-9-6-2-11-4-8(6)13-14(5)9;/h3,11H,2,4H2,1H3;1H. The summed E-state index contributed by atoms with van der Waals surface area (Å²) in [6, 6.07) is 0. The lowest BCUT2D eigenvalue weighted by Gasteiger charge is -2.01. The van der Waals surface area contributed by atoms with E-state index >= 15 is 0 Å². The number of aromatic nitrogens is 3. The molecular weight excluding hydrogens is 235 g/mol. The molecule has 0 radical (unpaired) electrons. The molecule has 0 atom stereocenters. The van der Waals surface area contributed by atoms with Crippen molar-refractivity contribution in [3.8, 4) is 0 Å². The van der Waals surface area contributed by atoms with Crippen LogP contribution in [0.4, 0.5) is 0 Å². The zero-order valence-corrected chi connectivity index (χ0v) is 9.69. The van der Waals surface area contributed by atoms with Crippen molar-refractivity contribution in [3.05, 3.63) is 28.2 Å². The fraction of sp³-hybridized carbons (Fsp3) is 0.333. The summed E-state index contributed by atoms with van der Waals surface area (Å²) < 4.78 is 1.83. The molecule has 0 amide bonds. The van der Waals surface area contributed by atoms with Gasteiger partial charge in [0.25, 0.3) is 0 Å². The Morgan fingerprint density at radius 1 is 1.47 bits per heavy atom. The maximum absolute atomic E-state index is 5.97. The van der Waals surface area contributed by atoms with Gasteiger partial charge >= 0.3 is 0 Å². The van der Waals surface area contributed by atoms with Gasteiger partial charge in [-0.15, -0.1) is 12.4 Å². The molecule has 0 fully saturated rings. The summed E-state index contributed by atoms with van der Waals surface area (Å²) in [5.74, 6) is 0. The molecule has 80 valence electrons. The highest BCUT2D eigenvalue weighted by Gasteiger charge is 2.19. The van der Waals surface area contributed by atoms with Gasteiger partial charge in [0.2, 0.25) is 0 Å². The number of rotatable bonds is 0. The summed E-state index contributed by atoms with van der Waals surface area (Å²) in [6.45, 7) is 3.63. The Bertz CT molecular complexity index is 520. The van der Waals surface area contributed by atoms with Crippen molar-refractivity contribution >= 4 is 29.7 Å². The molecule has 3 heterocycles. The maximum Gasteiger partial charge on any atom is 0.160 e. The number of hydrogen-bond acceptors (Lipinski definition) is 3. The Labute approximate surface area is 98.1 Å². The predicted molar refractivity (Wildman–Crippen MR) is 60.5 cm³/mol. The monoisotopic (exact) mass is 244 g/mol. The topological polar surface area (TPSA) is 42.2 Å². The highest BCUT2D eigenvalue weighted by molar-refractivity contribution is 6.31. The van der Waals surface area contributed by atoms with Gasteiger partial charge in [0.05, 0.1) is 16.4 Å². The molecule has 6 heteroatoms. The van der Waals surface area contributed by atoms with E-state index in [1.807, 2.05) is 11.4 Å². The lowest BCUT2D eigenvalue weighted by molar-refractivity contribution is 0.729. The molecule has 1 N–H and O–H groups in total. The Balaban J connectivity index is 0.000000853. The minimum atomic E-state index is 0. The van der Waals surface area contributed by atoms with Crippen LogP contribution in [0.1, 0.15) is 17.0 Å². The normalized spacial score (nSPS) is 14.0. The Morgan fingerprint density at radius 2 is 2.27 bits per heavy atom. The first kappa shape index (κ1) is 10.7. The molecule has 3 rings (SSSR count). The molecule has 4 nitrogen and oxygen atoms in total. The molecule has 0 spiro atoms. The molecule has 15 heavy (non-hydrogen) atoms. The maximum atomic E-state index is 5.97. The zero-order valence-electron chi connectivity index (χ0n) is 8.12. The molecule has 0 saturated carbocycles. The SMILES string of the molecule is Cc1c(Cl)cnc2c3c(nn12)CNC3.Cl. The summed E-state index contributed by atoms with van der Waals surface area (Å²) >= 11 is 5.97. The number of aryl methyl sites for hydroxylation is 1. The lowest BCUT2D eigenvalue weighted by atomic mass is 10.3. The molecule has 0 aliphatic carbocycles. The number of fused-ring (bicyclic) bond motifs is 3. The van der Waals surface area contributed by atoms with E-state index in [0.29, 0.717) is 5.02 Å². The summed E-state index contributed by atoms with van der Waals surface area (Å²) in [5, 5.41) is 8.36. The van der Waals surface area contributed by atoms with E-state index in [9.17, 15) is 0 Å². The third-order valence-electron chi connectivity index (χ3n) is 2.60. The van der Waals surface area contributed by atoms with E-state index in [1.165, 1.54) is 5.56 Å². The molecule has 0 aromatic carbocycles. The third kappa shape index (κ3) is 1.40. The van der Waals surface area contributed by atoms with Crippen molar-refractivity contribution in [2.75, 3.05) is 0 Å². The van der Waals surface area contributed by atoms with Crippen LogP contribution in [0.25, 0.3) is 5.65 Å². The van der Waals surface area contributed by atoms with Crippen LogP contribution in [0.15, 0.2) is 6.20 Å². The summed E-state index contributed by atoms with van der Waals surface area (Å²) in [5.41, 5.74) is 4.16. The van der Waals surface area contributed by atoms with Crippen molar-refractivity contribution < 1.29 is 0 Å². The quantitative estimate of drug-likeness (QED) is 0.768. The van der Waals surface area contributed by atoms with E-state index in [2.05, 4.69) is 15.4 Å². The van der Waals surface area contributed by atoms with E-state index in [0.717, 1.165) is 30.1 Å². The molecule has 0 saturated heterocycles. The van der Waals surface area contributed by atoms with Gasteiger partial charge < -0.3 is 5.32 Å². The number of nitrogens with zero attached hydrogens (tertiary/aromatic N) is 3. The van der Waals surface area contributed by atoms with Gasteiger partial charge in [0.15, 0.2) is 5.65 Å². The van der Waals surface area contributed by atoms with Crippen LogP contribution < -0.4 is 5.32 Å². The molecule has 2 aromatic heterocycles. The van der Waals surface area contributed by atoms with E-state index < -0.39 is 0 Å². The van der Waals surface area contributed by atoms with Crippen molar-refractivity contribution in [1.29, 1.82) is 0 Å². The van der Waals surface area contributed by atoms with Gasteiger partial charge in [0.1, 0.15) is 0 Å². The van der Waals surface area contributed by atoms with Crippen molar-refractivity contribution in [1.82, 2.24) is 19.9 Å². The molecule has 1 aliphatic rings. The highest BCUT2D eigenvalue weighted by Crippen LogP contribution is 2.22. The molecule has 0 bridgehead atoms. The smallest absolute Gasteiger partial charge is 0.160 e. The van der Waals surface area contributed by atoms with Crippen LogP contribution in [0.3, 0.4) is 0 Å². The highest BCUT2D eigenvalue weighted by atomic mass is 35.5. The van der Waals surface area contributed by atoms with Gasteiger partial charge in [-0.05, 0) is 6.92 Å². The van der Waals surface area contributed by atoms with Gasteiger partial charge in [-0.3, -0.25) is 0 Å². The van der Waals surface area contributed by atoms with Crippen LogP contribution in [-0.2, 0) is 13.1 Å². The van der Waals surface area contributed by atoms with E-state index in [4.69, 9.17) is 11.6 Å². The van der Waals surface area contributed by atoms with E-state index in [-0.39, 0.29) is 12.4 Å². The van der Waals surface area contributed by atoms with Gasteiger partial charge in [-0.25, -0.2) is 9.50 Å². The van der Waals surface area contributed by atoms with Crippen LogP contribution in [0.5, 0.6) is 0 Å². The summed E-state index contributed by atoms with van der Waals surface area (Å²) in [6.07, 6.45) is 1.69. The number of hydrogen-bond donors (Lipinski definition) is 1. The molecule has 1 aliphatic heterocycles. The minimum absolute atomic E-state index is 0. The Hall–Kier alpha value is -0.840. The number of nitrogens with one attached hydrogen (secondary N) is 1. The first-order valence-corrected chi connectivity index (χ1v) is 4.87. The Kier molecular flexibility index (Phi) is 2.58. The van der Waals surface area contributed by atoms with Gasteiger partial charge in [0, 0.05) is 24.8 Å². The van der Waals surface area contributed by atoms with Crippen molar-refractivity contribution in [3.63, 3.8) is 0 Å². The minimum Gasteiger partial charge on any atom is -0.307 e. The Morgan fingerprint density at radius 3 is 3.07 bits per heavy atom. The molecule has 2 aromatic rings. The lowest BCUT2D eigenvalue weighted by Crippen LogP contribution is -2.05. The van der Waals surface area contributed by atoms with Crippen molar-refractivity contribution in [2.24, 2.45) is 0 Å². The third-order valence-corrected chi connectivity index (χ3v) is 2.97. The van der Waals surface area contributed by atoms with Crippen LogP contribution in [0.2, 0.25) is 5.02 Å². The van der Waals surface area contributed by atoms with Crippen LogP contribution >= 0.6 is 24.0 Å². The largest absolute Gasteiger partial charge is 0.307 e. The fourth-order valence-electron chi connectivity index (χ4n) is 1.79. The second-order valence-corrected chi connectivity index (χ2v) is 3.86. The van der Waals surface area contributed by atoms with Gasteiger partial charge in [-0.2, -0.15) is 5.10 Å². The van der Waals surface area contributed by atoms with Crippen LogP contribution in [0, 0.1) is 6.92 Å². The molecular formula is C9H10Cl2N4. The second kappa shape index (κ2) is 3.63. The van der Waals surface area contributed by atoms with Crippen molar-refractivity contribution in [2.45, 2.75) is 20.0 Å². The average molecular weight is 245 g/mol. The first-order chi connectivity index (χ1) is 6.77. The van der Waals surface area contributed by atoms with Crippen LogP contribution in [-0.4, -0.2) is 14.6 Å². The summed E-state index contributed by atoms with van der Waals surface area (Å²) in [7, 11) is 0. The second-order valence-electron chi connectivity index (χ2n) is 3.46. The fourth-order valence-corrected chi connectivity index (χ4v) is 1.92. The zero-order chi connectivity index (χ0) is 9.71.